The maximum absolute atomic E-state index is 11.8. The molecule has 1 aromatic carbocycles. The first kappa shape index (κ1) is 23.4. The van der Waals surface area contributed by atoms with Gasteiger partial charge < -0.3 is 14.9 Å². The van der Waals surface area contributed by atoms with E-state index in [1.54, 1.807) is 19.1 Å². The fourth-order valence-corrected chi connectivity index (χ4v) is 3.67. The van der Waals surface area contributed by atoms with Gasteiger partial charge in [-0.15, -0.1) is 0 Å². The maximum Gasteiger partial charge on any atom is 0.332 e. The number of phenols is 1. The second kappa shape index (κ2) is 7.76. The molecule has 0 aromatic heterocycles. The number of hydrogen-bond acceptors (Lipinski definition) is 2. The van der Waals surface area contributed by atoms with Gasteiger partial charge in [0, 0.05) is 37.7 Å². The first-order chi connectivity index (χ1) is 9.69. The van der Waals surface area contributed by atoms with Crippen molar-refractivity contribution in [3.05, 3.63) is 28.8 Å². The summed E-state index contributed by atoms with van der Waals surface area (Å²) in [5, 5.41) is 10.6. The van der Waals surface area contributed by atoms with E-state index in [0.29, 0.717) is 12.0 Å². The average Bonchev–Trinajstić information content (AvgIpc) is 2.26. The molecule has 6 heteroatoms. The van der Waals surface area contributed by atoms with Gasteiger partial charge in [-0.25, -0.2) is 0 Å². The van der Waals surface area contributed by atoms with Crippen LogP contribution in [-0.4, -0.2) is 52.6 Å². The van der Waals surface area contributed by atoms with Gasteiger partial charge in [-0.1, -0.05) is 60.6 Å². The smallest absolute Gasteiger partial charge is 0.332 e. The van der Waals surface area contributed by atoms with Crippen molar-refractivity contribution in [2.45, 2.75) is 71.4 Å². The summed E-state index contributed by atoms with van der Waals surface area (Å²) < 4.78 is 11.8. The van der Waals surface area contributed by atoms with Crippen molar-refractivity contribution in [3.63, 3.8) is 0 Å². The second-order valence-electron chi connectivity index (χ2n) is 7.98. The Morgan fingerprint density at radius 1 is 1.00 bits per heavy atom. The van der Waals surface area contributed by atoms with Crippen LogP contribution in [0.15, 0.2) is 12.1 Å². The largest absolute Gasteiger partial charge is 0.507 e. The summed E-state index contributed by atoms with van der Waals surface area (Å²) in [5.41, 5.74) is 0.586. The zero-order valence-corrected chi connectivity index (χ0v) is 18.4. The molecule has 0 aliphatic carbocycles. The Morgan fingerprint density at radius 2 is 1.35 bits per heavy atom. The number of phenolic OH excluding ortho intramolecular Hbond substituents is 1. The van der Waals surface area contributed by atoms with Gasteiger partial charge in [-0.2, -0.15) is 0 Å². The van der Waals surface area contributed by atoms with E-state index >= 15 is 0 Å². The van der Waals surface area contributed by atoms with Crippen molar-refractivity contribution in [3.8, 4) is 5.75 Å². The summed E-state index contributed by atoms with van der Waals surface area (Å²) in [4.78, 5) is 19.3. The molecule has 0 aliphatic heterocycles. The third kappa shape index (κ3) is 5.73. The first-order valence-corrected chi connectivity index (χ1v) is 9.30. The summed E-state index contributed by atoms with van der Waals surface area (Å²) in [5.74, 6) is 0.226. The summed E-state index contributed by atoms with van der Waals surface area (Å²) in [6.45, 7) is 13.7. The number of hydrogen-bond donors (Lipinski definition) is 3. The van der Waals surface area contributed by atoms with Crippen LogP contribution in [0.25, 0.3) is 0 Å². The molecule has 1 unspecified atom stereocenters. The van der Waals surface area contributed by atoms with E-state index in [2.05, 4.69) is 0 Å². The third-order valence-corrected chi connectivity index (χ3v) is 5.40. The van der Waals surface area contributed by atoms with E-state index in [9.17, 15) is 19.5 Å². The molecule has 0 spiro atoms. The van der Waals surface area contributed by atoms with Gasteiger partial charge in [0.15, 0.2) is 0 Å². The van der Waals surface area contributed by atoms with Crippen LogP contribution in [-0.2, 0) is 15.4 Å². The monoisotopic (exact) mass is 368 g/mol. The molecule has 0 bridgehead atoms. The Kier molecular flexibility index (Phi) is 7.91. The van der Waals surface area contributed by atoms with E-state index in [0.717, 1.165) is 11.1 Å². The van der Waals surface area contributed by atoms with E-state index in [1.807, 2.05) is 41.5 Å². The van der Waals surface area contributed by atoms with Crippen LogP contribution in [0.4, 0.5) is 0 Å². The fourth-order valence-electron chi connectivity index (χ4n) is 2.66. The predicted octanol–water partition coefficient (Wildman–Crippen LogP) is 4.24. The van der Waals surface area contributed by atoms with Crippen LogP contribution in [0, 0.1) is 0 Å². The summed E-state index contributed by atoms with van der Waals surface area (Å²) in [6.07, 6.45) is 0.349. The zero-order chi connectivity index (χ0) is 17.5. The SMILES string of the molecule is CCC(c1cc(C(C)(C)C)c(O)c(C(C)(C)C)c1)P(=O)(O)O.[Ca]. The Labute approximate surface area is 169 Å². The second-order valence-corrected chi connectivity index (χ2v) is 9.78. The molecule has 0 saturated heterocycles. The standard InChI is InChI=1S/C17H29O4P.Ca/c1-8-14(22(19,20)21)11-9-12(16(2,3)4)15(18)13(10-11)17(5,6)7;/h9-10,14,18H,8H2,1-7H3,(H2,19,20,21);. The topological polar surface area (TPSA) is 77.8 Å². The molecule has 2 radical (unpaired) electrons. The van der Waals surface area contributed by atoms with Crippen LogP contribution >= 0.6 is 7.60 Å². The van der Waals surface area contributed by atoms with Crippen LogP contribution in [0.5, 0.6) is 5.75 Å². The van der Waals surface area contributed by atoms with Gasteiger partial charge in [0.1, 0.15) is 5.75 Å². The molecule has 0 aliphatic rings. The van der Waals surface area contributed by atoms with Gasteiger partial charge in [0.2, 0.25) is 0 Å². The molecule has 1 rings (SSSR count). The van der Waals surface area contributed by atoms with E-state index in [-0.39, 0.29) is 54.3 Å². The molecule has 4 nitrogen and oxygen atoms in total. The van der Waals surface area contributed by atoms with E-state index < -0.39 is 13.3 Å². The Bertz CT molecular complexity index is 559. The summed E-state index contributed by atoms with van der Waals surface area (Å²) in [7, 11) is -4.24. The Hall–Kier alpha value is 0.430. The first-order valence-electron chi connectivity index (χ1n) is 7.62. The number of rotatable bonds is 3. The maximum atomic E-state index is 11.8. The fraction of sp³-hybridized carbons (Fsp3) is 0.647. The Morgan fingerprint density at radius 3 is 1.57 bits per heavy atom. The average molecular weight is 368 g/mol. The van der Waals surface area contributed by atoms with Crippen molar-refractivity contribution < 1.29 is 19.5 Å². The molecule has 3 N–H and O–H groups in total. The van der Waals surface area contributed by atoms with Crippen LogP contribution in [0.1, 0.15) is 77.2 Å². The summed E-state index contributed by atoms with van der Waals surface area (Å²) >= 11 is 0. The predicted molar refractivity (Wildman–Crippen MR) is 96.3 cm³/mol. The van der Waals surface area contributed by atoms with Crippen LogP contribution in [0.2, 0.25) is 0 Å². The number of benzene rings is 1. The molecule has 128 valence electrons. The van der Waals surface area contributed by atoms with Gasteiger partial charge in [0.25, 0.3) is 0 Å². The Balaban J connectivity index is 0.00000484. The molecule has 0 heterocycles. The van der Waals surface area contributed by atoms with Gasteiger partial charge >= 0.3 is 7.60 Å². The molecular weight excluding hydrogens is 339 g/mol. The van der Waals surface area contributed by atoms with Crippen molar-refractivity contribution in [2.75, 3.05) is 0 Å². The molecule has 23 heavy (non-hydrogen) atoms. The third-order valence-electron chi connectivity index (χ3n) is 3.93. The van der Waals surface area contributed by atoms with Gasteiger partial charge in [-0.05, 0) is 33.9 Å². The zero-order valence-electron chi connectivity index (χ0n) is 15.3. The number of aromatic hydroxyl groups is 1. The molecule has 0 amide bonds. The van der Waals surface area contributed by atoms with Crippen molar-refractivity contribution >= 4 is 45.3 Å². The van der Waals surface area contributed by atoms with Gasteiger partial charge in [0.05, 0.1) is 5.66 Å². The molecule has 0 saturated carbocycles. The minimum absolute atomic E-state index is 0. The van der Waals surface area contributed by atoms with Crippen molar-refractivity contribution in [1.82, 2.24) is 0 Å². The van der Waals surface area contributed by atoms with Gasteiger partial charge in [-0.3, -0.25) is 4.57 Å². The normalized spacial score (nSPS) is 14.3. The summed E-state index contributed by atoms with van der Waals surface area (Å²) in [6, 6.07) is 3.50. The van der Waals surface area contributed by atoms with E-state index in [1.165, 1.54) is 0 Å². The molecule has 0 fully saturated rings. The minimum atomic E-state index is -4.24. The molecular formula is C17H29CaO4P. The van der Waals surface area contributed by atoms with Crippen LogP contribution < -0.4 is 0 Å². The molecule has 1 atom stereocenters. The molecule has 1 aromatic rings. The van der Waals surface area contributed by atoms with Crippen molar-refractivity contribution in [1.29, 1.82) is 0 Å². The minimum Gasteiger partial charge on any atom is -0.507 e. The van der Waals surface area contributed by atoms with Crippen LogP contribution in [0.3, 0.4) is 0 Å². The van der Waals surface area contributed by atoms with Crippen molar-refractivity contribution in [2.24, 2.45) is 0 Å². The quantitative estimate of drug-likeness (QED) is 0.551. The van der Waals surface area contributed by atoms with E-state index in [4.69, 9.17) is 0 Å².